The number of nitriles is 1. The number of hydrogen-bond acceptors (Lipinski definition) is 3. The first-order valence-electron chi connectivity index (χ1n) is 5.43. The van der Waals surface area contributed by atoms with Gasteiger partial charge in [-0.05, 0) is 30.2 Å². The molecule has 0 bridgehead atoms. The van der Waals surface area contributed by atoms with E-state index in [0.717, 1.165) is 11.1 Å². The fourth-order valence-corrected chi connectivity index (χ4v) is 2.18. The topological polar surface area (TPSA) is 74.0 Å². The lowest BCUT2D eigenvalue weighted by atomic mass is 10.00. The van der Waals surface area contributed by atoms with Gasteiger partial charge in [0.15, 0.2) is 5.69 Å². The average molecular weight is 273 g/mol. The summed E-state index contributed by atoms with van der Waals surface area (Å²) in [5, 5.41) is 17.9. The molecule has 2 aromatic rings. The normalized spacial score (nSPS) is 9.95. The summed E-state index contributed by atoms with van der Waals surface area (Å²) in [5.74, 6) is -1.17. The van der Waals surface area contributed by atoms with Crippen LogP contribution in [0.2, 0.25) is 5.02 Å². The van der Waals surface area contributed by atoms with Crippen LogP contribution in [0.5, 0.6) is 0 Å². The number of hydrogen-bond donors (Lipinski definition) is 1. The molecule has 0 aliphatic heterocycles. The minimum atomic E-state index is -1.17. The molecule has 1 aromatic heterocycles. The zero-order valence-corrected chi connectivity index (χ0v) is 10.8. The lowest BCUT2D eigenvalue weighted by Gasteiger charge is -2.10. The van der Waals surface area contributed by atoms with Crippen LogP contribution in [-0.2, 0) is 0 Å². The number of carboxylic acids is 1. The summed E-state index contributed by atoms with van der Waals surface area (Å²) in [6.07, 6.45) is 1.48. The molecule has 0 fully saturated rings. The molecule has 1 N–H and O–H groups in total. The van der Waals surface area contributed by atoms with Crippen molar-refractivity contribution in [3.05, 3.63) is 52.3 Å². The van der Waals surface area contributed by atoms with Crippen LogP contribution >= 0.6 is 11.6 Å². The van der Waals surface area contributed by atoms with E-state index >= 15 is 0 Å². The number of nitrogens with zero attached hydrogens (tertiary/aromatic N) is 2. The first kappa shape index (κ1) is 13.1. The second-order valence-electron chi connectivity index (χ2n) is 3.97. The Bertz CT molecular complexity index is 688. The lowest BCUT2D eigenvalue weighted by Crippen LogP contribution is -2.03. The second-order valence-corrected chi connectivity index (χ2v) is 4.35. The van der Waals surface area contributed by atoms with Crippen molar-refractivity contribution in [2.24, 2.45) is 0 Å². The molecule has 4 nitrogen and oxygen atoms in total. The third kappa shape index (κ3) is 2.42. The van der Waals surface area contributed by atoms with Crippen LogP contribution in [-0.4, -0.2) is 16.1 Å². The standard InChI is InChI=1S/C14H9ClN2O2/c1-8-7-17-13(14(18)19)12(15)11(8)10-4-2-9(6-16)3-5-10/h2-5,7H,1H3,(H,18,19). The number of benzene rings is 1. The molecule has 0 spiro atoms. The highest BCUT2D eigenvalue weighted by atomic mass is 35.5. The van der Waals surface area contributed by atoms with Gasteiger partial charge in [-0.1, -0.05) is 23.7 Å². The van der Waals surface area contributed by atoms with Gasteiger partial charge < -0.3 is 5.11 Å². The van der Waals surface area contributed by atoms with E-state index < -0.39 is 5.97 Å². The summed E-state index contributed by atoms with van der Waals surface area (Å²) in [4.78, 5) is 14.8. The highest BCUT2D eigenvalue weighted by molar-refractivity contribution is 6.36. The molecule has 1 aromatic carbocycles. The molecule has 0 amide bonds. The van der Waals surface area contributed by atoms with Gasteiger partial charge in [-0.25, -0.2) is 9.78 Å². The molecule has 0 atom stereocenters. The minimum Gasteiger partial charge on any atom is -0.476 e. The molecule has 5 heteroatoms. The zero-order valence-electron chi connectivity index (χ0n) is 10.0. The number of aryl methyl sites for hydroxylation is 1. The molecular formula is C14H9ClN2O2. The van der Waals surface area contributed by atoms with Gasteiger partial charge in [0.2, 0.25) is 0 Å². The van der Waals surface area contributed by atoms with E-state index in [9.17, 15) is 4.79 Å². The van der Waals surface area contributed by atoms with E-state index in [-0.39, 0.29) is 10.7 Å². The quantitative estimate of drug-likeness (QED) is 0.910. The molecule has 0 radical (unpaired) electrons. The summed E-state index contributed by atoms with van der Waals surface area (Å²) in [5.41, 5.74) is 2.52. The molecule has 0 aliphatic rings. The molecule has 0 aliphatic carbocycles. The maximum atomic E-state index is 11.0. The number of carboxylic acid groups (broad SMARTS) is 1. The third-order valence-electron chi connectivity index (χ3n) is 2.71. The van der Waals surface area contributed by atoms with Crippen molar-refractivity contribution in [3.63, 3.8) is 0 Å². The summed E-state index contributed by atoms with van der Waals surface area (Å²) in [6.45, 7) is 1.80. The summed E-state index contributed by atoms with van der Waals surface area (Å²) < 4.78 is 0. The number of aromatic nitrogens is 1. The van der Waals surface area contributed by atoms with Gasteiger partial charge in [0, 0.05) is 11.8 Å². The maximum Gasteiger partial charge on any atom is 0.356 e. The molecule has 0 saturated heterocycles. The highest BCUT2D eigenvalue weighted by Crippen LogP contribution is 2.32. The minimum absolute atomic E-state index is 0.109. The van der Waals surface area contributed by atoms with Crippen molar-refractivity contribution < 1.29 is 9.90 Å². The van der Waals surface area contributed by atoms with Crippen molar-refractivity contribution in [1.29, 1.82) is 5.26 Å². The molecule has 19 heavy (non-hydrogen) atoms. The molecular weight excluding hydrogens is 264 g/mol. The molecule has 2 rings (SSSR count). The number of rotatable bonds is 2. The van der Waals surface area contributed by atoms with Crippen LogP contribution in [0.4, 0.5) is 0 Å². The first-order chi connectivity index (χ1) is 9.04. The monoisotopic (exact) mass is 272 g/mol. The molecule has 94 valence electrons. The van der Waals surface area contributed by atoms with Crippen molar-refractivity contribution in [2.45, 2.75) is 6.92 Å². The maximum absolute atomic E-state index is 11.0. The van der Waals surface area contributed by atoms with Crippen molar-refractivity contribution >= 4 is 17.6 Å². The molecule has 1 heterocycles. The Morgan fingerprint density at radius 3 is 2.53 bits per heavy atom. The number of carbonyl (C=O) groups is 1. The Morgan fingerprint density at radius 2 is 2.00 bits per heavy atom. The van der Waals surface area contributed by atoms with Gasteiger partial charge in [-0.3, -0.25) is 0 Å². The van der Waals surface area contributed by atoms with Crippen LogP contribution in [0.1, 0.15) is 21.6 Å². The van der Waals surface area contributed by atoms with E-state index in [0.29, 0.717) is 11.1 Å². The second kappa shape index (κ2) is 5.09. The Hall–Kier alpha value is -2.38. The van der Waals surface area contributed by atoms with Gasteiger partial charge in [0.1, 0.15) is 0 Å². The van der Waals surface area contributed by atoms with Crippen LogP contribution in [0.25, 0.3) is 11.1 Å². The summed E-state index contributed by atoms with van der Waals surface area (Å²) in [7, 11) is 0. The largest absolute Gasteiger partial charge is 0.476 e. The van der Waals surface area contributed by atoms with Gasteiger partial charge in [0.05, 0.1) is 16.7 Å². The van der Waals surface area contributed by atoms with Crippen LogP contribution < -0.4 is 0 Å². The molecule has 0 saturated carbocycles. The zero-order chi connectivity index (χ0) is 14.0. The first-order valence-corrected chi connectivity index (χ1v) is 5.81. The van der Waals surface area contributed by atoms with E-state index in [4.69, 9.17) is 22.0 Å². The number of pyridine rings is 1. The van der Waals surface area contributed by atoms with Crippen LogP contribution in [0, 0.1) is 18.3 Å². The van der Waals surface area contributed by atoms with Gasteiger partial charge in [0.25, 0.3) is 0 Å². The Balaban J connectivity index is 2.64. The van der Waals surface area contributed by atoms with Crippen molar-refractivity contribution in [1.82, 2.24) is 4.98 Å². The predicted molar refractivity (Wildman–Crippen MR) is 71.1 cm³/mol. The van der Waals surface area contributed by atoms with E-state index in [1.54, 1.807) is 31.2 Å². The number of aromatic carboxylic acids is 1. The van der Waals surface area contributed by atoms with Crippen molar-refractivity contribution in [3.8, 4) is 17.2 Å². The SMILES string of the molecule is Cc1cnc(C(=O)O)c(Cl)c1-c1ccc(C#N)cc1. The Kier molecular flexibility index (Phi) is 3.50. The molecule has 0 unspecified atom stereocenters. The van der Waals surface area contributed by atoms with Gasteiger partial charge in [-0.2, -0.15) is 5.26 Å². The van der Waals surface area contributed by atoms with Crippen LogP contribution in [0.3, 0.4) is 0 Å². The lowest BCUT2D eigenvalue weighted by molar-refractivity contribution is 0.0691. The number of halogens is 1. The summed E-state index contributed by atoms with van der Waals surface area (Å²) in [6, 6.07) is 8.81. The third-order valence-corrected chi connectivity index (χ3v) is 3.08. The van der Waals surface area contributed by atoms with Crippen LogP contribution in [0.15, 0.2) is 30.5 Å². The Morgan fingerprint density at radius 1 is 1.37 bits per heavy atom. The summed E-state index contributed by atoms with van der Waals surface area (Å²) >= 11 is 6.11. The van der Waals surface area contributed by atoms with Gasteiger partial charge in [-0.15, -0.1) is 0 Å². The van der Waals surface area contributed by atoms with Gasteiger partial charge >= 0.3 is 5.97 Å². The van der Waals surface area contributed by atoms with E-state index in [1.807, 2.05) is 6.07 Å². The fourth-order valence-electron chi connectivity index (χ4n) is 1.79. The Labute approximate surface area is 114 Å². The van der Waals surface area contributed by atoms with E-state index in [1.165, 1.54) is 6.20 Å². The predicted octanol–water partition coefficient (Wildman–Crippen LogP) is 3.28. The van der Waals surface area contributed by atoms with E-state index in [2.05, 4.69) is 4.98 Å². The average Bonchev–Trinajstić information content (AvgIpc) is 2.39. The smallest absolute Gasteiger partial charge is 0.356 e. The highest BCUT2D eigenvalue weighted by Gasteiger charge is 2.17. The van der Waals surface area contributed by atoms with Crippen molar-refractivity contribution in [2.75, 3.05) is 0 Å². The fraction of sp³-hybridized carbons (Fsp3) is 0.0714.